The topological polar surface area (TPSA) is 84.3 Å². The lowest BCUT2D eigenvalue weighted by Crippen LogP contribution is -2.25. The second-order valence-corrected chi connectivity index (χ2v) is 5.04. The van der Waals surface area contributed by atoms with Crippen LogP contribution in [-0.2, 0) is 22.4 Å². The van der Waals surface area contributed by atoms with Crippen molar-refractivity contribution in [2.24, 2.45) is 0 Å². The number of nitrogens with one attached hydrogen (secondary N) is 1. The number of fused-ring (bicyclic) bond motifs is 1. The van der Waals surface area contributed by atoms with E-state index in [-0.39, 0.29) is 6.10 Å². The van der Waals surface area contributed by atoms with Crippen molar-refractivity contribution >= 4 is 11.8 Å². The third-order valence-electron chi connectivity index (χ3n) is 3.76. The van der Waals surface area contributed by atoms with Crippen LogP contribution in [0.5, 0.6) is 0 Å². The molecule has 1 aromatic rings. The van der Waals surface area contributed by atoms with E-state index in [1.807, 2.05) is 0 Å². The molecule has 0 amide bonds. The predicted octanol–water partition coefficient (Wildman–Crippen LogP) is 1.01. The minimum atomic E-state index is -0.870. The Balaban J connectivity index is 1.59. The van der Waals surface area contributed by atoms with Crippen LogP contribution >= 0.6 is 0 Å². The number of ether oxygens (including phenoxy) is 1. The van der Waals surface area contributed by atoms with Crippen molar-refractivity contribution in [3.8, 4) is 0 Å². The van der Waals surface area contributed by atoms with Crippen LogP contribution in [0.1, 0.15) is 30.5 Å². The molecule has 3 rings (SSSR count). The number of anilines is 1. The molecule has 102 valence electrons. The van der Waals surface area contributed by atoms with E-state index in [0.29, 0.717) is 13.0 Å². The van der Waals surface area contributed by atoms with Gasteiger partial charge in [0.15, 0.2) is 6.10 Å². The molecule has 2 aliphatic rings. The van der Waals surface area contributed by atoms with Gasteiger partial charge < -0.3 is 15.2 Å². The van der Waals surface area contributed by atoms with E-state index in [1.165, 1.54) is 5.56 Å². The Morgan fingerprint density at radius 3 is 3.11 bits per heavy atom. The molecule has 19 heavy (non-hydrogen) atoms. The lowest BCUT2D eigenvalue weighted by atomic mass is 10.2. The van der Waals surface area contributed by atoms with Crippen LogP contribution in [0, 0.1) is 0 Å². The van der Waals surface area contributed by atoms with Gasteiger partial charge in [0.2, 0.25) is 0 Å². The zero-order valence-electron chi connectivity index (χ0n) is 10.6. The van der Waals surface area contributed by atoms with Gasteiger partial charge in [0.05, 0.1) is 6.10 Å². The van der Waals surface area contributed by atoms with E-state index in [2.05, 4.69) is 15.3 Å². The lowest BCUT2D eigenvalue weighted by Gasteiger charge is -2.14. The second kappa shape index (κ2) is 5.13. The number of aliphatic carboxylic acids is 1. The summed E-state index contributed by atoms with van der Waals surface area (Å²) in [7, 11) is 0. The van der Waals surface area contributed by atoms with E-state index in [9.17, 15) is 4.79 Å². The van der Waals surface area contributed by atoms with Gasteiger partial charge in [-0.3, -0.25) is 0 Å². The summed E-state index contributed by atoms with van der Waals surface area (Å²) in [5.41, 5.74) is 2.34. The largest absolute Gasteiger partial charge is 0.479 e. The summed E-state index contributed by atoms with van der Waals surface area (Å²) in [5, 5.41) is 12.2. The van der Waals surface area contributed by atoms with Crippen LogP contribution in [0.15, 0.2) is 6.33 Å². The highest BCUT2D eigenvalue weighted by Crippen LogP contribution is 2.26. The first-order valence-corrected chi connectivity index (χ1v) is 6.69. The minimum absolute atomic E-state index is 0.0480. The van der Waals surface area contributed by atoms with Crippen molar-refractivity contribution in [3.05, 3.63) is 17.6 Å². The van der Waals surface area contributed by atoms with Gasteiger partial charge in [-0.05, 0) is 32.1 Å². The van der Waals surface area contributed by atoms with Crippen molar-refractivity contribution in [2.45, 2.75) is 44.3 Å². The summed E-state index contributed by atoms with van der Waals surface area (Å²) in [5.74, 6) is 0.00954. The van der Waals surface area contributed by atoms with E-state index >= 15 is 0 Å². The molecule has 2 N–H and O–H groups in total. The molecule has 0 saturated carbocycles. The number of hydrogen-bond acceptors (Lipinski definition) is 5. The van der Waals surface area contributed by atoms with Gasteiger partial charge in [0, 0.05) is 17.8 Å². The quantitative estimate of drug-likeness (QED) is 0.843. The van der Waals surface area contributed by atoms with E-state index in [0.717, 1.165) is 37.2 Å². The summed E-state index contributed by atoms with van der Waals surface area (Å²) in [6.07, 6.45) is 5.41. The molecular formula is C13H17N3O3. The third kappa shape index (κ3) is 2.53. The van der Waals surface area contributed by atoms with Gasteiger partial charge >= 0.3 is 5.97 Å². The van der Waals surface area contributed by atoms with Crippen LogP contribution in [0.2, 0.25) is 0 Å². The summed E-state index contributed by atoms with van der Waals surface area (Å²) < 4.78 is 5.46. The Labute approximate surface area is 111 Å². The summed E-state index contributed by atoms with van der Waals surface area (Å²) in [6, 6.07) is 0. The molecule has 0 aromatic carbocycles. The van der Waals surface area contributed by atoms with Crippen molar-refractivity contribution in [3.63, 3.8) is 0 Å². The molecule has 1 saturated heterocycles. The summed E-state index contributed by atoms with van der Waals surface area (Å²) in [6.45, 7) is 0.604. The molecule has 0 spiro atoms. The Morgan fingerprint density at radius 1 is 1.42 bits per heavy atom. The molecule has 2 unspecified atom stereocenters. The van der Waals surface area contributed by atoms with Crippen molar-refractivity contribution in [1.29, 1.82) is 0 Å². The van der Waals surface area contributed by atoms with Crippen LogP contribution in [0.4, 0.5) is 5.82 Å². The maximum atomic E-state index is 10.8. The number of hydrogen-bond donors (Lipinski definition) is 2. The SMILES string of the molecule is O=C(O)C1CCC(CNc2ncnc3c2CCC3)O1. The van der Waals surface area contributed by atoms with Crippen LogP contribution in [0.3, 0.4) is 0 Å². The summed E-state index contributed by atoms with van der Waals surface area (Å²) >= 11 is 0. The predicted molar refractivity (Wildman–Crippen MR) is 68.1 cm³/mol. The molecule has 2 atom stereocenters. The van der Waals surface area contributed by atoms with Crippen molar-refractivity contribution < 1.29 is 14.6 Å². The highest BCUT2D eigenvalue weighted by Gasteiger charge is 2.30. The average molecular weight is 263 g/mol. The first-order valence-electron chi connectivity index (χ1n) is 6.69. The standard InChI is InChI=1S/C13H17N3O3/c17-13(18)11-5-4-8(19-11)6-14-12-9-2-1-3-10(9)15-7-16-12/h7-8,11H,1-6H2,(H,17,18)(H,14,15,16). The molecule has 6 heteroatoms. The number of carbonyl (C=O) groups is 1. The molecule has 0 bridgehead atoms. The third-order valence-corrected chi connectivity index (χ3v) is 3.76. The van der Waals surface area contributed by atoms with E-state index in [1.54, 1.807) is 6.33 Å². The molecule has 2 heterocycles. The van der Waals surface area contributed by atoms with Crippen LogP contribution < -0.4 is 5.32 Å². The molecule has 1 aliphatic heterocycles. The average Bonchev–Trinajstić information content (AvgIpc) is 3.05. The number of aryl methyl sites for hydroxylation is 1. The van der Waals surface area contributed by atoms with Gasteiger partial charge in [-0.25, -0.2) is 14.8 Å². The van der Waals surface area contributed by atoms with Gasteiger partial charge in [0.25, 0.3) is 0 Å². The summed E-state index contributed by atoms with van der Waals surface area (Å²) in [4.78, 5) is 19.4. The Bertz CT molecular complexity index is 492. The molecule has 1 aliphatic carbocycles. The van der Waals surface area contributed by atoms with Crippen LogP contribution in [0.25, 0.3) is 0 Å². The maximum absolute atomic E-state index is 10.8. The maximum Gasteiger partial charge on any atom is 0.332 e. The van der Waals surface area contributed by atoms with E-state index in [4.69, 9.17) is 9.84 Å². The van der Waals surface area contributed by atoms with Crippen molar-refractivity contribution in [1.82, 2.24) is 9.97 Å². The number of rotatable bonds is 4. The Morgan fingerprint density at radius 2 is 2.32 bits per heavy atom. The number of carboxylic acids is 1. The Hall–Kier alpha value is -1.69. The minimum Gasteiger partial charge on any atom is -0.479 e. The van der Waals surface area contributed by atoms with Gasteiger partial charge in [0.1, 0.15) is 12.1 Å². The molecule has 0 radical (unpaired) electrons. The number of nitrogens with zero attached hydrogens (tertiary/aromatic N) is 2. The Kier molecular flexibility index (Phi) is 3.33. The van der Waals surface area contributed by atoms with Gasteiger partial charge in [-0.1, -0.05) is 0 Å². The molecule has 1 aromatic heterocycles. The fraction of sp³-hybridized carbons (Fsp3) is 0.615. The second-order valence-electron chi connectivity index (χ2n) is 5.04. The first kappa shape index (κ1) is 12.3. The smallest absolute Gasteiger partial charge is 0.332 e. The number of aromatic nitrogens is 2. The highest BCUT2D eigenvalue weighted by molar-refractivity contribution is 5.72. The first-order chi connectivity index (χ1) is 9.24. The molecular weight excluding hydrogens is 246 g/mol. The highest BCUT2D eigenvalue weighted by atomic mass is 16.5. The fourth-order valence-corrected chi connectivity index (χ4v) is 2.76. The van der Waals surface area contributed by atoms with Crippen LogP contribution in [-0.4, -0.2) is 39.8 Å². The van der Waals surface area contributed by atoms with E-state index < -0.39 is 12.1 Å². The normalized spacial score (nSPS) is 25.3. The number of carboxylic acid groups (broad SMARTS) is 1. The fourth-order valence-electron chi connectivity index (χ4n) is 2.76. The molecule has 1 fully saturated rings. The zero-order valence-corrected chi connectivity index (χ0v) is 10.6. The lowest BCUT2D eigenvalue weighted by molar-refractivity contribution is -0.149. The van der Waals surface area contributed by atoms with Gasteiger partial charge in [-0.15, -0.1) is 0 Å². The zero-order chi connectivity index (χ0) is 13.2. The molecule has 6 nitrogen and oxygen atoms in total. The van der Waals surface area contributed by atoms with Gasteiger partial charge in [-0.2, -0.15) is 0 Å². The van der Waals surface area contributed by atoms with Crippen molar-refractivity contribution in [2.75, 3.05) is 11.9 Å². The monoisotopic (exact) mass is 263 g/mol.